The Morgan fingerprint density at radius 1 is 1.29 bits per heavy atom. The first-order valence-electron chi connectivity index (χ1n) is 4.45. The molecule has 4 heteroatoms. The van der Waals surface area contributed by atoms with E-state index in [0.29, 0.717) is 0 Å². The van der Waals surface area contributed by atoms with Crippen molar-refractivity contribution in [2.45, 2.75) is 13.0 Å². The predicted molar refractivity (Wildman–Crippen MR) is 60.0 cm³/mol. The normalized spacial score (nSPS) is 9.57. The summed E-state index contributed by atoms with van der Waals surface area (Å²) in [5.74, 6) is 0.756. The van der Waals surface area contributed by atoms with Gasteiger partial charge in [0.15, 0.2) is 0 Å². The Hall–Kier alpha value is 0.240. The van der Waals surface area contributed by atoms with Crippen LogP contribution in [0.15, 0.2) is 28.7 Å². The number of hydrogen-bond acceptors (Lipinski definition) is 0. The molecular formula is C10H14BrCl2N. The smallest absolute Gasteiger partial charge is 0.102 e. The van der Waals surface area contributed by atoms with E-state index in [1.807, 2.05) is 6.07 Å². The molecule has 0 amide bonds. The molecule has 0 atom stereocenters. The molecule has 0 fully saturated rings. The summed E-state index contributed by atoms with van der Waals surface area (Å²) in [5, 5.41) is 2.28. The molecule has 0 radical (unpaired) electrons. The lowest BCUT2D eigenvalue weighted by molar-refractivity contribution is -0.670. The molecule has 0 saturated carbocycles. The van der Waals surface area contributed by atoms with Gasteiger partial charge in [-0.1, -0.05) is 34.1 Å². The molecule has 0 aliphatic rings. The van der Waals surface area contributed by atoms with E-state index < -0.39 is 0 Å². The van der Waals surface area contributed by atoms with Gasteiger partial charge in [-0.25, -0.2) is 0 Å². The molecule has 0 aliphatic heterocycles. The second-order valence-corrected chi connectivity index (χ2v) is 4.15. The minimum Gasteiger partial charge on any atom is -1.00 e. The average Bonchev–Trinajstić information content (AvgIpc) is 2.15. The quantitative estimate of drug-likeness (QED) is 0.539. The standard InChI is InChI=1S/C10H13BrClN.ClH/c11-10-5-2-1-4-9(10)8-13-7-3-6-12;/h1-2,4-5,13H,3,6-8H2;1H. The zero-order chi connectivity index (χ0) is 9.52. The fourth-order valence-corrected chi connectivity index (χ4v) is 1.74. The molecule has 2 N–H and O–H groups in total. The van der Waals surface area contributed by atoms with E-state index in [-0.39, 0.29) is 12.4 Å². The maximum absolute atomic E-state index is 5.59. The summed E-state index contributed by atoms with van der Waals surface area (Å²) < 4.78 is 1.19. The minimum absolute atomic E-state index is 0. The first-order valence-corrected chi connectivity index (χ1v) is 5.78. The van der Waals surface area contributed by atoms with Crippen molar-refractivity contribution in [3.63, 3.8) is 0 Å². The third-order valence-corrected chi connectivity index (χ3v) is 2.90. The van der Waals surface area contributed by atoms with E-state index in [1.54, 1.807) is 0 Å². The average molecular weight is 299 g/mol. The first kappa shape index (κ1) is 14.2. The molecular weight excluding hydrogens is 285 g/mol. The summed E-state index contributed by atoms with van der Waals surface area (Å²) in [4.78, 5) is 0. The Labute approximate surface area is 105 Å². The molecule has 1 nitrogen and oxygen atoms in total. The molecule has 0 heterocycles. The van der Waals surface area contributed by atoms with E-state index in [9.17, 15) is 0 Å². The molecule has 0 aliphatic carbocycles. The van der Waals surface area contributed by atoms with E-state index in [4.69, 9.17) is 11.6 Å². The van der Waals surface area contributed by atoms with E-state index in [1.165, 1.54) is 10.0 Å². The van der Waals surface area contributed by atoms with E-state index >= 15 is 0 Å². The van der Waals surface area contributed by atoms with Gasteiger partial charge in [0.2, 0.25) is 0 Å². The number of halogens is 3. The number of rotatable bonds is 5. The summed E-state index contributed by atoms with van der Waals surface area (Å²) in [6.07, 6.45) is 1.08. The van der Waals surface area contributed by atoms with Crippen LogP contribution in [0, 0.1) is 0 Å². The topological polar surface area (TPSA) is 16.6 Å². The van der Waals surface area contributed by atoms with Crippen LogP contribution in [-0.2, 0) is 6.54 Å². The molecule has 1 aromatic rings. The molecule has 0 saturated heterocycles. The molecule has 1 rings (SSSR count). The highest BCUT2D eigenvalue weighted by Crippen LogP contribution is 2.13. The van der Waals surface area contributed by atoms with Gasteiger partial charge in [-0.05, 0) is 6.07 Å². The summed E-state index contributed by atoms with van der Waals surface area (Å²) in [6, 6.07) is 8.31. The molecule has 14 heavy (non-hydrogen) atoms. The highest BCUT2D eigenvalue weighted by atomic mass is 79.9. The molecule has 0 bridgehead atoms. The number of nitrogens with two attached hydrogens (primary N) is 1. The van der Waals surface area contributed by atoms with Crippen molar-refractivity contribution in [3.8, 4) is 0 Å². The molecule has 0 spiro atoms. The third-order valence-electron chi connectivity index (χ3n) is 1.86. The van der Waals surface area contributed by atoms with Crippen molar-refractivity contribution in [2.24, 2.45) is 0 Å². The van der Waals surface area contributed by atoms with E-state index in [2.05, 4.69) is 39.4 Å². The zero-order valence-electron chi connectivity index (χ0n) is 7.85. The Balaban J connectivity index is 0.00000169. The Morgan fingerprint density at radius 3 is 2.64 bits per heavy atom. The van der Waals surface area contributed by atoms with Crippen LogP contribution in [-0.4, -0.2) is 12.4 Å². The maximum atomic E-state index is 5.59. The van der Waals surface area contributed by atoms with Gasteiger partial charge in [0.25, 0.3) is 0 Å². The van der Waals surface area contributed by atoms with Crippen LogP contribution in [0.4, 0.5) is 0 Å². The SMILES string of the molecule is ClCCC[NH2+]Cc1ccccc1Br.[Cl-]. The van der Waals surface area contributed by atoms with Gasteiger partial charge in [-0.3, -0.25) is 0 Å². The Bertz CT molecular complexity index is 256. The molecule has 1 aromatic carbocycles. The Kier molecular flexibility index (Phi) is 8.69. The molecule has 80 valence electrons. The number of alkyl halides is 1. The van der Waals surface area contributed by atoms with Gasteiger partial charge in [-0.15, -0.1) is 11.6 Å². The van der Waals surface area contributed by atoms with Gasteiger partial charge < -0.3 is 17.7 Å². The number of benzene rings is 1. The van der Waals surface area contributed by atoms with Gasteiger partial charge in [-0.2, -0.15) is 0 Å². The van der Waals surface area contributed by atoms with Crippen LogP contribution >= 0.6 is 27.5 Å². The van der Waals surface area contributed by atoms with E-state index in [0.717, 1.165) is 25.4 Å². The van der Waals surface area contributed by atoms with Crippen molar-refractivity contribution in [3.05, 3.63) is 34.3 Å². The second kappa shape index (κ2) is 8.54. The monoisotopic (exact) mass is 297 g/mol. The lowest BCUT2D eigenvalue weighted by atomic mass is 10.2. The molecule has 0 aromatic heterocycles. The minimum atomic E-state index is 0. The van der Waals surface area contributed by atoms with Crippen LogP contribution < -0.4 is 17.7 Å². The summed E-state index contributed by atoms with van der Waals surface area (Å²) in [7, 11) is 0. The van der Waals surface area contributed by atoms with Crippen molar-refractivity contribution in [1.82, 2.24) is 0 Å². The summed E-state index contributed by atoms with van der Waals surface area (Å²) in [6.45, 7) is 2.13. The van der Waals surface area contributed by atoms with Gasteiger partial charge >= 0.3 is 0 Å². The third kappa shape index (κ3) is 5.20. The lowest BCUT2D eigenvalue weighted by Gasteiger charge is -2.02. The van der Waals surface area contributed by atoms with Crippen LogP contribution in [0.1, 0.15) is 12.0 Å². The van der Waals surface area contributed by atoms with Crippen LogP contribution in [0.2, 0.25) is 0 Å². The van der Waals surface area contributed by atoms with Crippen molar-refractivity contribution in [2.75, 3.05) is 12.4 Å². The fourth-order valence-electron chi connectivity index (χ4n) is 1.14. The highest BCUT2D eigenvalue weighted by Gasteiger charge is 1.99. The van der Waals surface area contributed by atoms with Crippen molar-refractivity contribution in [1.29, 1.82) is 0 Å². The van der Waals surface area contributed by atoms with Crippen molar-refractivity contribution >= 4 is 27.5 Å². The largest absolute Gasteiger partial charge is 1.00 e. The Morgan fingerprint density at radius 2 is 2.00 bits per heavy atom. The number of hydrogen-bond donors (Lipinski definition) is 1. The fraction of sp³-hybridized carbons (Fsp3) is 0.400. The second-order valence-electron chi connectivity index (χ2n) is 2.92. The van der Waals surface area contributed by atoms with Gasteiger partial charge in [0.05, 0.1) is 6.54 Å². The predicted octanol–water partition coefficient (Wildman–Crippen LogP) is -0.855. The maximum Gasteiger partial charge on any atom is 0.102 e. The number of quaternary nitrogens is 1. The van der Waals surface area contributed by atoms with Gasteiger partial charge in [0.1, 0.15) is 6.54 Å². The summed E-state index contributed by atoms with van der Waals surface area (Å²) >= 11 is 9.10. The molecule has 0 unspecified atom stereocenters. The first-order chi connectivity index (χ1) is 6.34. The van der Waals surface area contributed by atoms with Gasteiger partial charge in [0, 0.05) is 22.3 Å². The summed E-state index contributed by atoms with van der Waals surface area (Å²) in [5.41, 5.74) is 1.34. The van der Waals surface area contributed by atoms with Crippen LogP contribution in [0.25, 0.3) is 0 Å². The highest BCUT2D eigenvalue weighted by molar-refractivity contribution is 9.10. The zero-order valence-corrected chi connectivity index (χ0v) is 10.9. The van der Waals surface area contributed by atoms with Crippen molar-refractivity contribution < 1.29 is 17.7 Å². The van der Waals surface area contributed by atoms with Crippen LogP contribution in [0.3, 0.4) is 0 Å². The van der Waals surface area contributed by atoms with Crippen LogP contribution in [0.5, 0.6) is 0 Å². The lowest BCUT2D eigenvalue weighted by Crippen LogP contribution is -3.00.